The molecule has 0 spiro atoms. The van der Waals surface area contributed by atoms with Gasteiger partial charge in [0.15, 0.2) is 0 Å². The number of piperidine rings is 1. The van der Waals surface area contributed by atoms with Crippen molar-refractivity contribution in [3.63, 3.8) is 0 Å². The van der Waals surface area contributed by atoms with Gasteiger partial charge in [-0.05, 0) is 55.8 Å². The highest BCUT2D eigenvalue weighted by atomic mass is 35.5. The number of rotatable bonds is 5. The summed E-state index contributed by atoms with van der Waals surface area (Å²) in [5, 5.41) is 12.9. The third kappa shape index (κ3) is 4.62. The third-order valence-electron chi connectivity index (χ3n) is 4.42. The lowest BCUT2D eigenvalue weighted by Crippen LogP contribution is -2.43. The average Bonchev–Trinajstić information content (AvgIpc) is 3.31. The predicted octanol–water partition coefficient (Wildman–Crippen LogP) is 2.55. The Hall–Kier alpha value is -1.26. The molecule has 0 aromatic heterocycles. The van der Waals surface area contributed by atoms with Crippen LogP contribution in [0.5, 0.6) is 5.75 Å². The van der Waals surface area contributed by atoms with Crippen molar-refractivity contribution in [3.05, 3.63) is 29.8 Å². The van der Waals surface area contributed by atoms with Gasteiger partial charge in [-0.2, -0.15) is 0 Å². The number of carbonyl (C=O) groups excluding carboxylic acids is 1. The smallest absolute Gasteiger partial charge is 0.227 e. The number of nitrogens with zero attached hydrogens (tertiary/aromatic N) is 1. The molecule has 1 aliphatic carbocycles. The molecule has 0 bridgehead atoms. The van der Waals surface area contributed by atoms with E-state index in [1.807, 2.05) is 17.0 Å². The highest BCUT2D eigenvalue weighted by molar-refractivity contribution is 5.85. The highest BCUT2D eigenvalue weighted by Gasteiger charge is 2.31. The molecule has 1 unspecified atom stereocenters. The number of carbonyl (C=O) groups is 1. The molecule has 1 atom stereocenters. The molecule has 2 N–H and O–H groups in total. The van der Waals surface area contributed by atoms with Gasteiger partial charge in [0, 0.05) is 19.6 Å². The van der Waals surface area contributed by atoms with Crippen LogP contribution in [0.4, 0.5) is 0 Å². The van der Waals surface area contributed by atoms with E-state index in [0.717, 1.165) is 38.0 Å². The van der Waals surface area contributed by atoms with Crippen molar-refractivity contribution < 1.29 is 9.90 Å². The molecule has 1 amide bonds. The summed E-state index contributed by atoms with van der Waals surface area (Å²) in [6.45, 7) is 3.31. The van der Waals surface area contributed by atoms with E-state index in [0.29, 0.717) is 12.5 Å². The van der Waals surface area contributed by atoms with E-state index in [2.05, 4.69) is 5.32 Å². The van der Waals surface area contributed by atoms with E-state index < -0.39 is 0 Å². The molecule has 22 heavy (non-hydrogen) atoms. The second-order valence-corrected chi connectivity index (χ2v) is 6.38. The largest absolute Gasteiger partial charge is 0.508 e. The number of hydrogen-bond acceptors (Lipinski definition) is 3. The van der Waals surface area contributed by atoms with Gasteiger partial charge in [0.2, 0.25) is 5.91 Å². The summed E-state index contributed by atoms with van der Waals surface area (Å²) in [4.78, 5) is 14.8. The molecule has 1 saturated heterocycles. The zero-order chi connectivity index (χ0) is 14.7. The number of halogens is 1. The van der Waals surface area contributed by atoms with Crippen molar-refractivity contribution in [1.82, 2.24) is 10.2 Å². The molecule has 4 nitrogen and oxygen atoms in total. The maximum atomic E-state index is 12.8. The topological polar surface area (TPSA) is 52.6 Å². The minimum Gasteiger partial charge on any atom is -0.508 e. The van der Waals surface area contributed by atoms with Crippen LogP contribution < -0.4 is 5.32 Å². The monoisotopic (exact) mass is 324 g/mol. The molecule has 0 radical (unpaired) electrons. The van der Waals surface area contributed by atoms with E-state index in [1.54, 1.807) is 12.1 Å². The van der Waals surface area contributed by atoms with Crippen LogP contribution in [0, 0.1) is 11.8 Å². The van der Waals surface area contributed by atoms with Crippen molar-refractivity contribution in [2.24, 2.45) is 11.8 Å². The summed E-state index contributed by atoms with van der Waals surface area (Å²) in [5.74, 6) is 1.35. The molecule has 1 aliphatic heterocycles. The maximum absolute atomic E-state index is 12.8. The number of phenolic OH excluding ortho intramolecular Hbond substituents is 1. The molecular formula is C17H25ClN2O2. The Morgan fingerprint density at radius 1 is 1.32 bits per heavy atom. The van der Waals surface area contributed by atoms with Crippen LogP contribution in [0.15, 0.2) is 24.3 Å². The quantitative estimate of drug-likeness (QED) is 0.875. The molecule has 1 aromatic rings. The van der Waals surface area contributed by atoms with Gasteiger partial charge in [-0.15, -0.1) is 12.4 Å². The van der Waals surface area contributed by atoms with Crippen molar-refractivity contribution in [3.8, 4) is 5.75 Å². The molecule has 2 fully saturated rings. The fraction of sp³-hybridized carbons (Fsp3) is 0.588. The maximum Gasteiger partial charge on any atom is 0.227 e. The molecule has 122 valence electrons. The Morgan fingerprint density at radius 2 is 2.14 bits per heavy atom. The van der Waals surface area contributed by atoms with Gasteiger partial charge in [-0.25, -0.2) is 0 Å². The Morgan fingerprint density at radius 3 is 2.77 bits per heavy atom. The number of aromatic hydroxyl groups is 1. The van der Waals surface area contributed by atoms with Crippen LogP contribution in [0.2, 0.25) is 0 Å². The van der Waals surface area contributed by atoms with E-state index in [-0.39, 0.29) is 30.0 Å². The third-order valence-corrected chi connectivity index (χ3v) is 4.42. The highest BCUT2D eigenvalue weighted by Crippen LogP contribution is 2.31. The summed E-state index contributed by atoms with van der Waals surface area (Å²) in [5.41, 5.74) is 1.01. The van der Waals surface area contributed by atoms with Gasteiger partial charge in [-0.1, -0.05) is 12.1 Å². The van der Waals surface area contributed by atoms with Crippen molar-refractivity contribution in [2.75, 3.05) is 19.6 Å². The van der Waals surface area contributed by atoms with E-state index in [1.165, 1.54) is 12.8 Å². The average molecular weight is 325 g/mol. The lowest BCUT2D eigenvalue weighted by molar-refractivity contribution is -0.137. The van der Waals surface area contributed by atoms with Gasteiger partial charge in [0.1, 0.15) is 5.75 Å². The zero-order valence-electron chi connectivity index (χ0n) is 12.8. The minimum absolute atomic E-state index is 0. The molecule has 3 rings (SSSR count). The first-order valence-corrected chi connectivity index (χ1v) is 8.00. The SMILES string of the molecule is Cl.O=C(C1CCCNC1)N(Cc1cccc(O)c1)CC1CC1. The van der Waals surface area contributed by atoms with E-state index in [4.69, 9.17) is 0 Å². The number of nitrogens with one attached hydrogen (secondary N) is 1. The normalized spacial score (nSPS) is 21.0. The van der Waals surface area contributed by atoms with Crippen LogP contribution in [0.3, 0.4) is 0 Å². The summed E-state index contributed by atoms with van der Waals surface area (Å²) >= 11 is 0. The molecule has 1 heterocycles. The van der Waals surface area contributed by atoms with E-state index >= 15 is 0 Å². The fourth-order valence-electron chi connectivity index (χ4n) is 3.04. The molecular weight excluding hydrogens is 300 g/mol. The zero-order valence-corrected chi connectivity index (χ0v) is 13.6. The van der Waals surface area contributed by atoms with Gasteiger partial charge in [-0.3, -0.25) is 4.79 Å². The van der Waals surface area contributed by atoms with Crippen LogP contribution in [-0.2, 0) is 11.3 Å². The molecule has 5 heteroatoms. The van der Waals surface area contributed by atoms with Crippen LogP contribution in [-0.4, -0.2) is 35.5 Å². The first kappa shape index (κ1) is 17.1. The number of hydrogen-bond donors (Lipinski definition) is 2. The standard InChI is InChI=1S/C17H24N2O2.ClH/c20-16-5-1-3-14(9-16)12-19(11-13-6-7-13)17(21)15-4-2-8-18-10-15;/h1,3,5,9,13,15,18,20H,2,4,6-8,10-12H2;1H. The van der Waals surface area contributed by atoms with Gasteiger partial charge >= 0.3 is 0 Å². The molecule has 1 aromatic carbocycles. The Labute approximate surface area is 138 Å². The van der Waals surface area contributed by atoms with Crippen LogP contribution in [0.1, 0.15) is 31.2 Å². The molecule has 1 saturated carbocycles. The predicted molar refractivity (Wildman–Crippen MR) is 89.1 cm³/mol. The second-order valence-electron chi connectivity index (χ2n) is 6.38. The van der Waals surface area contributed by atoms with E-state index in [9.17, 15) is 9.90 Å². The summed E-state index contributed by atoms with van der Waals surface area (Å²) in [6, 6.07) is 7.24. The van der Waals surface area contributed by atoms with Gasteiger partial charge in [0.05, 0.1) is 5.92 Å². The van der Waals surface area contributed by atoms with Crippen molar-refractivity contribution in [1.29, 1.82) is 0 Å². The van der Waals surface area contributed by atoms with Crippen LogP contribution >= 0.6 is 12.4 Å². The molecule has 2 aliphatic rings. The lowest BCUT2D eigenvalue weighted by Gasteiger charge is -2.30. The lowest BCUT2D eigenvalue weighted by atomic mass is 9.97. The first-order valence-electron chi connectivity index (χ1n) is 8.00. The van der Waals surface area contributed by atoms with Crippen LogP contribution in [0.25, 0.3) is 0 Å². The fourth-order valence-corrected chi connectivity index (χ4v) is 3.04. The Bertz CT molecular complexity index is 499. The van der Waals surface area contributed by atoms with Crippen molar-refractivity contribution >= 4 is 18.3 Å². The van der Waals surface area contributed by atoms with Crippen molar-refractivity contribution in [2.45, 2.75) is 32.2 Å². The number of amides is 1. The first-order chi connectivity index (χ1) is 10.2. The minimum atomic E-state index is 0. The second kappa shape index (κ2) is 7.84. The van der Waals surface area contributed by atoms with Gasteiger partial charge in [0.25, 0.3) is 0 Å². The Kier molecular flexibility index (Phi) is 6.09. The number of phenols is 1. The number of benzene rings is 1. The Balaban J connectivity index is 0.00000176. The summed E-state index contributed by atoms with van der Waals surface area (Å²) in [7, 11) is 0. The summed E-state index contributed by atoms with van der Waals surface area (Å²) in [6.07, 6.45) is 4.56. The van der Waals surface area contributed by atoms with Gasteiger partial charge < -0.3 is 15.3 Å². The summed E-state index contributed by atoms with van der Waals surface area (Å²) < 4.78 is 0.